The van der Waals surface area contributed by atoms with Crippen molar-refractivity contribution in [3.05, 3.63) is 17.5 Å². The predicted molar refractivity (Wildman–Crippen MR) is 64.5 cm³/mol. The van der Waals surface area contributed by atoms with Gasteiger partial charge in [0.15, 0.2) is 0 Å². The topological polar surface area (TPSA) is 31.9 Å². The molecule has 1 saturated carbocycles. The average molecular weight is 219 g/mol. The minimum absolute atomic E-state index is 0.697. The van der Waals surface area contributed by atoms with E-state index in [9.17, 15) is 0 Å². The molecule has 1 aromatic heterocycles. The van der Waals surface area contributed by atoms with Crippen LogP contribution in [-0.4, -0.2) is 34.2 Å². The smallest absolute Gasteiger partial charge is 0.0519 e. The van der Waals surface area contributed by atoms with Gasteiger partial charge >= 0.3 is 0 Å². The van der Waals surface area contributed by atoms with E-state index in [0.717, 1.165) is 6.04 Å². The van der Waals surface area contributed by atoms with Gasteiger partial charge in [0.1, 0.15) is 0 Å². The van der Waals surface area contributed by atoms with E-state index in [-0.39, 0.29) is 0 Å². The van der Waals surface area contributed by atoms with E-state index in [0.29, 0.717) is 5.92 Å². The molecule has 3 nitrogen and oxygen atoms in total. The number of rotatable bonds is 2. The van der Waals surface area contributed by atoms with E-state index >= 15 is 0 Å². The summed E-state index contributed by atoms with van der Waals surface area (Å²) in [6.07, 6.45) is 8.99. The van der Waals surface area contributed by atoms with Crippen LogP contribution in [0.2, 0.25) is 0 Å². The Bertz CT molecular complexity index is 352. The lowest BCUT2D eigenvalue weighted by Gasteiger charge is -2.23. The molecule has 1 N–H and O–H groups in total. The molecule has 1 atom stereocenters. The molecule has 0 amide bonds. The van der Waals surface area contributed by atoms with Crippen molar-refractivity contribution in [3.8, 4) is 0 Å². The first-order chi connectivity index (χ1) is 7.84. The molecule has 0 bridgehead atoms. The summed E-state index contributed by atoms with van der Waals surface area (Å²) >= 11 is 0. The molecule has 1 aliphatic heterocycles. The fourth-order valence-corrected chi connectivity index (χ4v) is 3.39. The van der Waals surface area contributed by atoms with Crippen LogP contribution in [-0.2, 0) is 0 Å². The molecule has 16 heavy (non-hydrogen) atoms. The highest BCUT2D eigenvalue weighted by molar-refractivity contribution is 5.20. The van der Waals surface area contributed by atoms with Crippen LogP contribution in [0.15, 0.2) is 6.20 Å². The number of nitrogens with zero attached hydrogens (tertiary/aromatic N) is 2. The summed E-state index contributed by atoms with van der Waals surface area (Å²) in [7, 11) is 0. The maximum Gasteiger partial charge on any atom is 0.0519 e. The molecular formula is C13H21N3. The Labute approximate surface area is 97.2 Å². The maximum atomic E-state index is 4.15. The highest BCUT2D eigenvalue weighted by Crippen LogP contribution is 2.33. The van der Waals surface area contributed by atoms with Crippen molar-refractivity contribution in [1.82, 2.24) is 15.1 Å². The first kappa shape index (κ1) is 10.3. The molecule has 88 valence electrons. The van der Waals surface area contributed by atoms with Crippen LogP contribution in [0.1, 0.15) is 49.3 Å². The molecule has 2 aliphatic rings. The molecule has 0 aromatic carbocycles. The number of aryl methyl sites for hydroxylation is 1. The van der Waals surface area contributed by atoms with E-state index in [2.05, 4.69) is 22.0 Å². The number of hydrogen-bond donors (Lipinski definition) is 1. The molecule has 3 heteroatoms. The van der Waals surface area contributed by atoms with Gasteiger partial charge in [0.25, 0.3) is 0 Å². The molecular weight excluding hydrogens is 198 g/mol. The van der Waals surface area contributed by atoms with Crippen LogP contribution in [0.5, 0.6) is 0 Å². The lowest BCUT2D eigenvalue weighted by atomic mass is 10.0. The standard InChI is InChI=1S/C13H21N3/c1-10-8-14-15-13(10)11-6-7-16(9-11)12-4-2-3-5-12/h8,11-12H,2-7,9H2,1H3,(H,14,15)/t11-/m0/s1. The summed E-state index contributed by atoms with van der Waals surface area (Å²) in [4.78, 5) is 2.71. The second kappa shape index (κ2) is 4.21. The molecule has 3 rings (SSSR count). The van der Waals surface area contributed by atoms with E-state index in [1.54, 1.807) is 0 Å². The highest BCUT2D eigenvalue weighted by Gasteiger charge is 2.31. The third-order valence-corrected chi connectivity index (χ3v) is 4.34. The summed E-state index contributed by atoms with van der Waals surface area (Å²) < 4.78 is 0. The van der Waals surface area contributed by atoms with Crippen molar-refractivity contribution in [2.24, 2.45) is 0 Å². The van der Waals surface area contributed by atoms with Gasteiger partial charge in [-0.1, -0.05) is 12.8 Å². The zero-order chi connectivity index (χ0) is 11.0. The van der Waals surface area contributed by atoms with Crippen LogP contribution >= 0.6 is 0 Å². The van der Waals surface area contributed by atoms with Crippen molar-refractivity contribution in [2.45, 2.75) is 51.0 Å². The van der Waals surface area contributed by atoms with E-state index in [4.69, 9.17) is 0 Å². The molecule has 1 saturated heterocycles. The van der Waals surface area contributed by atoms with Gasteiger partial charge in [0, 0.05) is 24.2 Å². The van der Waals surface area contributed by atoms with Crippen LogP contribution in [0.4, 0.5) is 0 Å². The zero-order valence-electron chi connectivity index (χ0n) is 10.1. The fraction of sp³-hybridized carbons (Fsp3) is 0.769. The van der Waals surface area contributed by atoms with Crippen molar-refractivity contribution >= 4 is 0 Å². The first-order valence-electron chi connectivity index (χ1n) is 6.58. The van der Waals surface area contributed by atoms with E-state index in [1.165, 1.54) is 56.5 Å². The number of aromatic amines is 1. The molecule has 2 heterocycles. The minimum atomic E-state index is 0.697. The Kier molecular flexibility index (Phi) is 2.72. The normalized spacial score (nSPS) is 27.9. The van der Waals surface area contributed by atoms with Crippen LogP contribution in [0.3, 0.4) is 0 Å². The van der Waals surface area contributed by atoms with Crippen LogP contribution in [0.25, 0.3) is 0 Å². The lowest BCUT2D eigenvalue weighted by Crippen LogP contribution is -2.30. The van der Waals surface area contributed by atoms with Gasteiger partial charge in [-0.15, -0.1) is 0 Å². The Morgan fingerprint density at radius 1 is 1.31 bits per heavy atom. The van der Waals surface area contributed by atoms with Gasteiger partial charge in [-0.05, 0) is 38.3 Å². The quantitative estimate of drug-likeness (QED) is 0.828. The summed E-state index contributed by atoms with van der Waals surface area (Å²) in [5.74, 6) is 0.697. The average Bonchev–Trinajstić information content (AvgIpc) is 2.96. The summed E-state index contributed by atoms with van der Waals surface area (Å²) in [5, 5.41) is 7.33. The Morgan fingerprint density at radius 3 is 2.81 bits per heavy atom. The largest absolute Gasteiger partial charge is 0.300 e. The summed E-state index contributed by atoms with van der Waals surface area (Å²) in [6, 6.07) is 0.883. The lowest BCUT2D eigenvalue weighted by molar-refractivity contribution is 0.243. The maximum absolute atomic E-state index is 4.15. The zero-order valence-corrected chi connectivity index (χ0v) is 10.1. The van der Waals surface area contributed by atoms with Crippen LogP contribution in [0, 0.1) is 6.92 Å². The fourth-order valence-electron chi connectivity index (χ4n) is 3.39. The second-order valence-corrected chi connectivity index (χ2v) is 5.39. The van der Waals surface area contributed by atoms with Crippen molar-refractivity contribution in [3.63, 3.8) is 0 Å². The second-order valence-electron chi connectivity index (χ2n) is 5.39. The molecule has 2 fully saturated rings. The molecule has 1 aliphatic carbocycles. The number of hydrogen-bond acceptors (Lipinski definition) is 2. The van der Waals surface area contributed by atoms with E-state index < -0.39 is 0 Å². The Hall–Kier alpha value is -0.830. The van der Waals surface area contributed by atoms with Gasteiger partial charge < -0.3 is 0 Å². The van der Waals surface area contributed by atoms with Crippen LogP contribution < -0.4 is 0 Å². The summed E-state index contributed by atoms with van der Waals surface area (Å²) in [6.45, 7) is 4.69. The predicted octanol–water partition coefficient (Wildman–Crippen LogP) is 2.45. The Balaban J connectivity index is 1.66. The van der Waals surface area contributed by atoms with Crippen molar-refractivity contribution in [2.75, 3.05) is 13.1 Å². The highest BCUT2D eigenvalue weighted by atomic mass is 15.2. The SMILES string of the molecule is Cc1cn[nH]c1[C@H]1CCN(C2CCCC2)C1. The van der Waals surface area contributed by atoms with E-state index in [1.807, 2.05) is 6.20 Å². The number of nitrogens with one attached hydrogen (secondary N) is 1. The first-order valence-corrected chi connectivity index (χ1v) is 6.58. The summed E-state index contributed by atoms with van der Waals surface area (Å²) in [5.41, 5.74) is 2.71. The monoisotopic (exact) mass is 219 g/mol. The molecule has 1 aromatic rings. The van der Waals surface area contributed by atoms with Crippen molar-refractivity contribution < 1.29 is 0 Å². The Morgan fingerprint density at radius 2 is 2.12 bits per heavy atom. The van der Waals surface area contributed by atoms with Gasteiger partial charge in [-0.3, -0.25) is 10.00 Å². The van der Waals surface area contributed by atoms with Gasteiger partial charge in [-0.25, -0.2) is 0 Å². The number of aromatic nitrogens is 2. The molecule has 0 radical (unpaired) electrons. The van der Waals surface area contributed by atoms with Crippen molar-refractivity contribution in [1.29, 1.82) is 0 Å². The number of H-pyrrole nitrogens is 1. The third-order valence-electron chi connectivity index (χ3n) is 4.34. The molecule has 0 spiro atoms. The number of likely N-dealkylation sites (tertiary alicyclic amines) is 1. The molecule has 0 unspecified atom stereocenters. The van der Waals surface area contributed by atoms with Gasteiger partial charge in [-0.2, -0.15) is 5.10 Å². The minimum Gasteiger partial charge on any atom is -0.300 e. The van der Waals surface area contributed by atoms with Gasteiger partial charge in [0.05, 0.1) is 6.20 Å². The third kappa shape index (κ3) is 1.77. The van der Waals surface area contributed by atoms with Gasteiger partial charge in [0.2, 0.25) is 0 Å².